The molecule has 0 aliphatic heterocycles. The van der Waals surface area contributed by atoms with Crippen molar-refractivity contribution in [3.8, 4) is 0 Å². The molecule has 1 aliphatic carbocycles. The van der Waals surface area contributed by atoms with Crippen LogP contribution in [0.4, 0.5) is 0 Å². The Morgan fingerprint density at radius 3 is 2.48 bits per heavy atom. The fourth-order valence-corrected chi connectivity index (χ4v) is 4.34. The first-order valence-corrected chi connectivity index (χ1v) is 8.70. The van der Waals surface area contributed by atoms with E-state index in [1.165, 1.54) is 16.6 Å². The maximum atomic E-state index is 12.5. The molecule has 1 saturated carbocycles. The molecule has 1 aromatic rings. The van der Waals surface area contributed by atoms with Gasteiger partial charge in [-0.2, -0.15) is 4.31 Å². The zero-order chi connectivity index (χ0) is 15.6. The molecule has 118 valence electrons. The molecular formula is C14H22N2O4S. The summed E-state index contributed by atoms with van der Waals surface area (Å²) in [6.07, 6.45) is 6.22. The van der Waals surface area contributed by atoms with Gasteiger partial charge in [-0.05, 0) is 37.7 Å². The first kappa shape index (κ1) is 16.0. The predicted octanol–water partition coefficient (Wildman–Crippen LogP) is 2.30. The van der Waals surface area contributed by atoms with Crippen molar-refractivity contribution in [3.63, 3.8) is 0 Å². The molecule has 1 aliphatic rings. The van der Waals surface area contributed by atoms with E-state index in [9.17, 15) is 13.2 Å². The SMILES string of the molecule is CCC1CCC(N(C)S(=O)(=O)c2c[nH]c(C(=O)O)c2)CC1. The fourth-order valence-electron chi connectivity index (χ4n) is 2.93. The molecule has 6 nitrogen and oxygen atoms in total. The van der Waals surface area contributed by atoms with Crippen LogP contribution >= 0.6 is 0 Å². The summed E-state index contributed by atoms with van der Waals surface area (Å²) >= 11 is 0. The van der Waals surface area contributed by atoms with Crippen molar-refractivity contribution in [1.29, 1.82) is 0 Å². The van der Waals surface area contributed by atoms with E-state index in [4.69, 9.17) is 5.11 Å². The number of hydrogen-bond acceptors (Lipinski definition) is 3. The summed E-state index contributed by atoms with van der Waals surface area (Å²) in [6, 6.07) is 1.17. The fraction of sp³-hybridized carbons (Fsp3) is 0.643. The van der Waals surface area contributed by atoms with E-state index in [2.05, 4.69) is 11.9 Å². The Labute approximate surface area is 125 Å². The maximum Gasteiger partial charge on any atom is 0.352 e. The maximum absolute atomic E-state index is 12.5. The number of carboxylic acid groups (broad SMARTS) is 1. The number of carboxylic acids is 1. The van der Waals surface area contributed by atoms with Crippen LogP contribution in [0.25, 0.3) is 0 Å². The van der Waals surface area contributed by atoms with E-state index < -0.39 is 16.0 Å². The molecule has 0 saturated heterocycles. The van der Waals surface area contributed by atoms with Crippen LogP contribution in [0.1, 0.15) is 49.5 Å². The summed E-state index contributed by atoms with van der Waals surface area (Å²) in [5, 5.41) is 8.87. The number of sulfonamides is 1. The van der Waals surface area contributed by atoms with Crippen molar-refractivity contribution < 1.29 is 18.3 Å². The monoisotopic (exact) mass is 314 g/mol. The normalized spacial score (nSPS) is 23.4. The molecule has 0 spiro atoms. The van der Waals surface area contributed by atoms with Crippen LogP contribution in [-0.2, 0) is 10.0 Å². The second kappa shape index (κ2) is 6.19. The quantitative estimate of drug-likeness (QED) is 0.872. The van der Waals surface area contributed by atoms with Crippen LogP contribution in [0, 0.1) is 5.92 Å². The Bertz CT molecular complexity index is 600. The highest BCUT2D eigenvalue weighted by Crippen LogP contribution is 2.31. The van der Waals surface area contributed by atoms with Crippen LogP contribution in [0.15, 0.2) is 17.2 Å². The smallest absolute Gasteiger partial charge is 0.352 e. The van der Waals surface area contributed by atoms with E-state index in [-0.39, 0.29) is 16.6 Å². The molecule has 0 atom stereocenters. The number of carbonyl (C=O) groups is 1. The van der Waals surface area contributed by atoms with Crippen molar-refractivity contribution in [3.05, 3.63) is 18.0 Å². The Morgan fingerprint density at radius 2 is 2.00 bits per heavy atom. The summed E-state index contributed by atoms with van der Waals surface area (Å²) in [4.78, 5) is 13.3. The Balaban J connectivity index is 2.13. The molecular weight excluding hydrogens is 292 g/mol. The molecule has 21 heavy (non-hydrogen) atoms. The van der Waals surface area contributed by atoms with Gasteiger partial charge in [0.05, 0.1) is 0 Å². The summed E-state index contributed by atoms with van der Waals surface area (Å²) in [5.74, 6) is -0.467. The number of aromatic carboxylic acids is 1. The minimum absolute atomic E-state index is 0.000906. The standard InChI is InChI=1S/C14H22N2O4S/c1-3-10-4-6-11(7-5-10)16(2)21(19,20)12-8-13(14(17)18)15-9-12/h8-11,15H,3-7H2,1-2H3,(H,17,18). The lowest BCUT2D eigenvalue weighted by Crippen LogP contribution is -2.39. The van der Waals surface area contributed by atoms with Gasteiger partial charge in [-0.15, -0.1) is 0 Å². The molecule has 2 rings (SSSR count). The largest absolute Gasteiger partial charge is 0.477 e. The second-order valence-corrected chi connectivity index (χ2v) is 7.66. The molecule has 0 bridgehead atoms. The Morgan fingerprint density at radius 1 is 1.38 bits per heavy atom. The average molecular weight is 314 g/mol. The summed E-state index contributed by atoms with van der Waals surface area (Å²) in [5.41, 5.74) is -0.114. The molecule has 1 aromatic heterocycles. The molecule has 0 amide bonds. The van der Waals surface area contributed by atoms with Crippen LogP contribution in [0.5, 0.6) is 0 Å². The van der Waals surface area contributed by atoms with Crippen molar-refractivity contribution in [2.75, 3.05) is 7.05 Å². The predicted molar refractivity (Wildman–Crippen MR) is 78.7 cm³/mol. The van der Waals surface area contributed by atoms with Gasteiger partial charge in [-0.3, -0.25) is 0 Å². The molecule has 1 fully saturated rings. The number of nitrogens with zero attached hydrogens (tertiary/aromatic N) is 1. The lowest BCUT2D eigenvalue weighted by Gasteiger charge is -2.33. The molecule has 0 aromatic carbocycles. The molecule has 0 unspecified atom stereocenters. The van der Waals surface area contributed by atoms with Gasteiger partial charge in [-0.25, -0.2) is 13.2 Å². The zero-order valence-electron chi connectivity index (χ0n) is 12.4. The first-order valence-electron chi connectivity index (χ1n) is 7.26. The highest BCUT2D eigenvalue weighted by Gasteiger charge is 2.31. The number of nitrogens with one attached hydrogen (secondary N) is 1. The van der Waals surface area contributed by atoms with Crippen molar-refractivity contribution in [1.82, 2.24) is 9.29 Å². The first-order chi connectivity index (χ1) is 9.86. The van der Waals surface area contributed by atoms with Crippen LogP contribution in [0.2, 0.25) is 0 Å². The van der Waals surface area contributed by atoms with Gasteiger partial charge in [0.2, 0.25) is 10.0 Å². The number of rotatable bonds is 5. The minimum atomic E-state index is -3.64. The van der Waals surface area contributed by atoms with E-state index >= 15 is 0 Å². The minimum Gasteiger partial charge on any atom is -0.477 e. The van der Waals surface area contributed by atoms with Crippen molar-refractivity contribution in [2.24, 2.45) is 5.92 Å². The Hall–Kier alpha value is -1.34. The van der Waals surface area contributed by atoms with Crippen LogP contribution < -0.4 is 0 Å². The Kier molecular flexibility index (Phi) is 4.73. The zero-order valence-corrected chi connectivity index (χ0v) is 13.2. The number of H-pyrrole nitrogens is 1. The molecule has 1 heterocycles. The van der Waals surface area contributed by atoms with E-state index in [1.807, 2.05) is 0 Å². The van der Waals surface area contributed by atoms with Crippen molar-refractivity contribution in [2.45, 2.75) is 50.0 Å². The number of hydrogen-bond donors (Lipinski definition) is 2. The highest BCUT2D eigenvalue weighted by molar-refractivity contribution is 7.89. The van der Waals surface area contributed by atoms with Crippen LogP contribution in [-0.4, -0.2) is 41.9 Å². The molecule has 2 N–H and O–H groups in total. The van der Waals surface area contributed by atoms with E-state index in [0.29, 0.717) is 5.92 Å². The third-order valence-corrected chi connectivity index (χ3v) is 6.36. The van der Waals surface area contributed by atoms with Gasteiger partial charge < -0.3 is 10.1 Å². The van der Waals surface area contributed by atoms with Gasteiger partial charge in [0.15, 0.2) is 0 Å². The van der Waals surface area contributed by atoms with Crippen molar-refractivity contribution >= 4 is 16.0 Å². The number of aromatic nitrogens is 1. The van der Waals surface area contributed by atoms with Crippen LogP contribution in [0.3, 0.4) is 0 Å². The van der Waals surface area contributed by atoms with Gasteiger partial charge in [0, 0.05) is 19.3 Å². The lowest BCUT2D eigenvalue weighted by molar-refractivity contribution is 0.0691. The second-order valence-electron chi connectivity index (χ2n) is 5.66. The molecule has 0 radical (unpaired) electrons. The van der Waals surface area contributed by atoms with E-state index in [0.717, 1.165) is 32.1 Å². The van der Waals surface area contributed by atoms with Gasteiger partial charge in [0.1, 0.15) is 10.6 Å². The van der Waals surface area contributed by atoms with E-state index in [1.54, 1.807) is 7.05 Å². The van der Waals surface area contributed by atoms with Gasteiger partial charge in [-0.1, -0.05) is 13.3 Å². The highest BCUT2D eigenvalue weighted by atomic mass is 32.2. The number of aromatic amines is 1. The third kappa shape index (κ3) is 3.29. The lowest BCUT2D eigenvalue weighted by atomic mass is 9.85. The topological polar surface area (TPSA) is 90.5 Å². The van der Waals surface area contributed by atoms with Gasteiger partial charge in [0.25, 0.3) is 0 Å². The summed E-state index contributed by atoms with van der Waals surface area (Å²) < 4.78 is 26.5. The summed E-state index contributed by atoms with van der Waals surface area (Å²) in [7, 11) is -2.05. The van der Waals surface area contributed by atoms with Gasteiger partial charge >= 0.3 is 5.97 Å². The third-order valence-electron chi connectivity index (χ3n) is 4.47. The molecule has 7 heteroatoms. The average Bonchev–Trinajstić information content (AvgIpc) is 2.97. The summed E-state index contributed by atoms with van der Waals surface area (Å²) in [6.45, 7) is 2.17.